The zero-order chi connectivity index (χ0) is 23.8. The molecule has 0 bridgehead atoms. The summed E-state index contributed by atoms with van der Waals surface area (Å²) in [6.45, 7) is 10.1. The van der Waals surface area contributed by atoms with Crippen molar-refractivity contribution in [2.75, 3.05) is 0 Å². The molecule has 0 aliphatic heterocycles. The van der Waals surface area contributed by atoms with Crippen LogP contribution in [0.2, 0.25) is 0 Å². The molecule has 2 aliphatic rings. The molecule has 4 heteroatoms. The van der Waals surface area contributed by atoms with Gasteiger partial charge in [0.15, 0.2) is 5.78 Å². The standard InChI is InChI=1S/C16H12N.C14H22O2.Ir/c1-12-7-8-14-9-10-15(17-16(14)11-12)13-5-3-2-4-6-13;1-13(2)7-5-9-6-8-14(3,4)12(16)10(9)11(13)15;/h2-5,7-11H,1H3;9,15H,5-8H2,1-4H3;/q-1;;. The van der Waals surface area contributed by atoms with E-state index in [-0.39, 0.29) is 36.7 Å². The van der Waals surface area contributed by atoms with Crippen LogP contribution in [0.3, 0.4) is 0 Å². The number of allylic oxidation sites excluding steroid dienone is 2. The fourth-order valence-corrected chi connectivity index (χ4v) is 4.88. The second-order valence-electron chi connectivity index (χ2n) is 10.8. The number of carbonyl (C=O) groups excluding carboxylic acids is 1. The van der Waals surface area contributed by atoms with Crippen LogP contribution in [0.1, 0.15) is 58.9 Å². The first-order chi connectivity index (χ1) is 15.6. The van der Waals surface area contributed by atoms with Gasteiger partial charge in [0.05, 0.1) is 5.52 Å². The number of aliphatic hydroxyl groups is 1. The fourth-order valence-electron chi connectivity index (χ4n) is 4.88. The van der Waals surface area contributed by atoms with E-state index in [0.29, 0.717) is 11.7 Å². The third kappa shape index (κ3) is 5.34. The molecular formula is C30H34IrNO2-. The quantitative estimate of drug-likeness (QED) is 0.281. The van der Waals surface area contributed by atoms with Crippen LogP contribution in [-0.4, -0.2) is 15.9 Å². The number of ketones is 1. The van der Waals surface area contributed by atoms with Crippen molar-refractivity contribution in [1.82, 2.24) is 4.98 Å². The van der Waals surface area contributed by atoms with Crippen LogP contribution in [-0.2, 0) is 24.9 Å². The summed E-state index contributed by atoms with van der Waals surface area (Å²) < 4.78 is 0. The van der Waals surface area contributed by atoms with E-state index >= 15 is 0 Å². The van der Waals surface area contributed by atoms with Gasteiger partial charge in [-0.05, 0) is 61.2 Å². The van der Waals surface area contributed by atoms with Gasteiger partial charge < -0.3 is 5.11 Å². The number of hydrogen-bond acceptors (Lipinski definition) is 3. The molecule has 1 aromatic heterocycles. The molecule has 34 heavy (non-hydrogen) atoms. The molecule has 0 saturated heterocycles. The minimum atomic E-state index is -0.284. The number of aromatic nitrogens is 1. The number of Topliss-reactive ketones (excluding diaryl/α,β-unsaturated/α-hetero) is 1. The maximum absolute atomic E-state index is 12.4. The van der Waals surface area contributed by atoms with Gasteiger partial charge in [0.2, 0.25) is 0 Å². The zero-order valence-corrected chi connectivity index (χ0v) is 23.1. The second kappa shape index (κ2) is 10.1. The Bertz CT molecular complexity index is 1210. The molecule has 2 aromatic carbocycles. The number of hydrogen-bond donors (Lipinski definition) is 1. The molecule has 1 radical (unpaired) electrons. The van der Waals surface area contributed by atoms with Gasteiger partial charge in [-0.15, -0.1) is 35.9 Å². The van der Waals surface area contributed by atoms with Crippen molar-refractivity contribution in [3.63, 3.8) is 0 Å². The smallest absolute Gasteiger partial charge is 0.168 e. The first kappa shape index (κ1) is 26.3. The summed E-state index contributed by atoms with van der Waals surface area (Å²) in [5.74, 6) is 0.851. The van der Waals surface area contributed by atoms with Crippen molar-refractivity contribution >= 4 is 16.7 Å². The largest absolute Gasteiger partial charge is 0.511 e. The predicted octanol–water partition coefficient (Wildman–Crippen LogP) is 7.63. The summed E-state index contributed by atoms with van der Waals surface area (Å²) in [4.78, 5) is 17.0. The number of aryl methyl sites for hydroxylation is 1. The Morgan fingerprint density at radius 1 is 0.971 bits per heavy atom. The van der Waals surface area contributed by atoms with Crippen molar-refractivity contribution in [3.05, 3.63) is 77.6 Å². The molecule has 1 N–H and O–H groups in total. The molecule has 1 saturated carbocycles. The van der Waals surface area contributed by atoms with Crippen LogP contribution < -0.4 is 0 Å². The summed E-state index contributed by atoms with van der Waals surface area (Å²) in [6, 6.07) is 21.6. The maximum Gasteiger partial charge on any atom is 0.168 e. The maximum atomic E-state index is 12.4. The monoisotopic (exact) mass is 633 g/mol. The van der Waals surface area contributed by atoms with E-state index in [0.717, 1.165) is 48.0 Å². The van der Waals surface area contributed by atoms with Crippen LogP contribution in [0.15, 0.2) is 65.9 Å². The van der Waals surface area contributed by atoms with E-state index in [4.69, 9.17) is 0 Å². The van der Waals surface area contributed by atoms with Gasteiger partial charge in [-0.1, -0.05) is 52.0 Å². The molecule has 5 rings (SSSR count). The average molecular weight is 633 g/mol. The number of pyridine rings is 1. The minimum absolute atomic E-state index is 0. The third-order valence-corrected chi connectivity index (χ3v) is 7.23. The van der Waals surface area contributed by atoms with Crippen molar-refractivity contribution in [1.29, 1.82) is 0 Å². The van der Waals surface area contributed by atoms with E-state index < -0.39 is 0 Å². The molecule has 181 valence electrons. The zero-order valence-electron chi connectivity index (χ0n) is 20.7. The van der Waals surface area contributed by atoms with Gasteiger partial charge in [-0.25, -0.2) is 0 Å². The summed E-state index contributed by atoms with van der Waals surface area (Å²) in [5, 5.41) is 11.5. The van der Waals surface area contributed by atoms with Gasteiger partial charge in [0.25, 0.3) is 0 Å². The number of carbonyl (C=O) groups is 1. The van der Waals surface area contributed by atoms with Crippen LogP contribution in [0.4, 0.5) is 0 Å². The summed E-state index contributed by atoms with van der Waals surface area (Å²) in [5.41, 5.74) is 4.54. The molecule has 1 heterocycles. The van der Waals surface area contributed by atoms with Gasteiger partial charge in [0.1, 0.15) is 5.76 Å². The van der Waals surface area contributed by atoms with Crippen LogP contribution >= 0.6 is 0 Å². The van der Waals surface area contributed by atoms with Crippen LogP contribution in [0.5, 0.6) is 0 Å². The van der Waals surface area contributed by atoms with Crippen LogP contribution in [0.25, 0.3) is 22.2 Å². The molecule has 1 fully saturated rings. The number of fused-ring (bicyclic) bond motifs is 2. The van der Waals surface area contributed by atoms with Gasteiger partial charge in [-0.3, -0.25) is 9.78 Å². The molecular weight excluding hydrogens is 599 g/mol. The topological polar surface area (TPSA) is 50.2 Å². The molecule has 3 aromatic rings. The van der Waals surface area contributed by atoms with Crippen molar-refractivity contribution in [2.45, 2.75) is 60.3 Å². The first-order valence-corrected chi connectivity index (χ1v) is 11.9. The van der Waals surface area contributed by atoms with E-state index in [1.165, 1.54) is 10.9 Å². The van der Waals surface area contributed by atoms with Crippen molar-refractivity contribution in [2.24, 2.45) is 16.7 Å². The van der Waals surface area contributed by atoms with E-state index in [1.807, 2.05) is 58.0 Å². The Labute approximate surface area is 217 Å². The molecule has 3 nitrogen and oxygen atoms in total. The number of aliphatic hydroxyl groups excluding tert-OH is 1. The number of rotatable bonds is 1. The van der Waals surface area contributed by atoms with E-state index in [1.54, 1.807) is 0 Å². The molecule has 1 atom stereocenters. The number of nitrogens with zero attached hydrogens (tertiary/aromatic N) is 1. The average Bonchev–Trinajstić information content (AvgIpc) is 2.79. The van der Waals surface area contributed by atoms with Gasteiger partial charge in [0, 0.05) is 36.5 Å². The summed E-state index contributed by atoms with van der Waals surface area (Å²) in [6.07, 6.45) is 4.04. The predicted molar refractivity (Wildman–Crippen MR) is 135 cm³/mol. The Balaban J connectivity index is 0.000000186. The fraction of sp³-hybridized carbons (Fsp3) is 0.400. The van der Waals surface area contributed by atoms with Crippen molar-refractivity contribution in [3.8, 4) is 11.3 Å². The van der Waals surface area contributed by atoms with Crippen molar-refractivity contribution < 1.29 is 30.0 Å². The summed E-state index contributed by atoms with van der Waals surface area (Å²) in [7, 11) is 0. The Morgan fingerprint density at radius 3 is 2.32 bits per heavy atom. The van der Waals surface area contributed by atoms with Crippen LogP contribution in [0, 0.1) is 29.7 Å². The Kier molecular flexibility index (Phi) is 7.85. The van der Waals surface area contributed by atoms with E-state index in [2.05, 4.69) is 42.2 Å². The number of benzene rings is 2. The van der Waals surface area contributed by atoms with E-state index in [9.17, 15) is 9.90 Å². The normalized spacial score (nSPS) is 20.6. The Hall–Kier alpha value is -2.29. The van der Waals surface area contributed by atoms with Gasteiger partial charge >= 0.3 is 0 Å². The minimum Gasteiger partial charge on any atom is -0.511 e. The molecule has 0 amide bonds. The van der Waals surface area contributed by atoms with Gasteiger partial charge in [-0.2, -0.15) is 0 Å². The summed E-state index contributed by atoms with van der Waals surface area (Å²) >= 11 is 0. The molecule has 1 unspecified atom stereocenters. The Morgan fingerprint density at radius 2 is 1.65 bits per heavy atom. The molecule has 0 spiro atoms. The first-order valence-electron chi connectivity index (χ1n) is 11.9. The second-order valence-corrected chi connectivity index (χ2v) is 10.8. The third-order valence-electron chi connectivity index (χ3n) is 7.23. The molecule has 2 aliphatic carbocycles. The SMILES string of the molecule is CC1(C)CCC2CCC(C)(C)C(O)=C2C1=O.Cc1ccc2ccc(-c3[c-]cccc3)nc2c1.[Ir].